The van der Waals surface area contributed by atoms with Gasteiger partial charge < -0.3 is 9.47 Å². The van der Waals surface area contributed by atoms with Gasteiger partial charge in [0.25, 0.3) is 0 Å². The van der Waals surface area contributed by atoms with E-state index < -0.39 is 12.0 Å². The van der Waals surface area contributed by atoms with E-state index in [0.717, 1.165) is 22.4 Å². The number of carbonyl (C=O) groups is 2. The summed E-state index contributed by atoms with van der Waals surface area (Å²) in [5, 5.41) is 9.34. The fourth-order valence-electron chi connectivity index (χ4n) is 4.07. The molecule has 0 radical (unpaired) electrons. The van der Waals surface area contributed by atoms with Crippen molar-refractivity contribution in [3.05, 3.63) is 102 Å². The van der Waals surface area contributed by atoms with Crippen LogP contribution in [0.3, 0.4) is 0 Å². The summed E-state index contributed by atoms with van der Waals surface area (Å²) in [5.74, 6) is -0.277. The Bertz CT molecular complexity index is 1140. The molecular formula is C28H26N2O4. The predicted molar refractivity (Wildman–Crippen MR) is 127 cm³/mol. The van der Waals surface area contributed by atoms with Crippen molar-refractivity contribution < 1.29 is 19.1 Å². The molecule has 0 saturated carbocycles. The summed E-state index contributed by atoms with van der Waals surface area (Å²) in [6.45, 7) is 0.627. The molecular weight excluding hydrogens is 428 g/mol. The number of cyclic esters (lactones) is 1. The first kappa shape index (κ1) is 23.1. The van der Waals surface area contributed by atoms with Crippen LogP contribution in [0, 0.1) is 17.2 Å². The van der Waals surface area contributed by atoms with E-state index >= 15 is 0 Å². The lowest BCUT2D eigenvalue weighted by atomic mass is 9.94. The predicted octanol–water partition coefficient (Wildman–Crippen LogP) is 4.93. The maximum absolute atomic E-state index is 13.3. The fraction of sp³-hybridized carbons (Fsp3) is 0.250. The maximum atomic E-state index is 13.3. The lowest BCUT2D eigenvalue weighted by molar-refractivity contribution is -0.133. The van der Waals surface area contributed by atoms with Gasteiger partial charge in [0.05, 0.1) is 18.0 Å². The number of nitrogens with zero attached hydrogens (tertiary/aromatic N) is 2. The van der Waals surface area contributed by atoms with Gasteiger partial charge in [-0.15, -0.1) is 0 Å². The van der Waals surface area contributed by atoms with Crippen LogP contribution in [0.5, 0.6) is 5.75 Å². The summed E-state index contributed by atoms with van der Waals surface area (Å²) < 4.78 is 11.0. The zero-order chi connectivity index (χ0) is 23.8. The number of imide groups is 1. The van der Waals surface area contributed by atoms with Gasteiger partial charge >= 0.3 is 6.09 Å². The van der Waals surface area contributed by atoms with Gasteiger partial charge in [-0.3, -0.25) is 4.79 Å². The van der Waals surface area contributed by atoms with Crippen LogP contribution in [0.25, 0.3) is 0 Å². The SMILES string of the molecule is N#CCC(Cc1ccc(OCc2ccccc2)cc1)C(=O)N1C(=O)OC[C@@H]1Cc1ccccc1. The zero-order valence-corrected chi connectivity index (χ0v) is 18.8. The summed E-state index contributed by atoms with van der Waals surface area (Å²) in [6.07, 6.45) is 0.254. The number of hydrogen-bond acceptors (Lipinski definition) is 5. The van der Waals surface area contributed by atoms with E-state index in [0.29, 0.717) is 19.4 Å². The molecule has 172 valence electrons. The smallest absolute Gasteiger partial charge is 0.416 e. The molecule has 1 unspecified atom stereocenters. The topological polar surface area (TPSA) is 79.6 Å². The van der Waals surface area contributed by atoms with E-state index in [4.69, 9.17) is 9.47 Å². The summed E-state index contributed by atoms with van der Waals surface area (Å²) in [4.78, 5) is 26.9. The molecule has 0 aromatic heterocycles. The van der Waals surface area contributed by atoms with Crippen LogP contribution in [0.15, 0.2) is 84.9 Å². The van der Waals surface area contributed by atoms with Crippen molar-refractivity contribution in [2.75, 3.05) is 6.61 Å². The Balaban J connectivity index is 1.41. The van der Waals surface area contributed by atoms with E-state index in [1.54, 1.807) is 0 Å². The molecule has 0 spiro atoms. The highest BCUT2D eigenvalue weighted by atomic mass is 16.6. The van der Waals surface area contributed by atoms with Gasteiger partial charge in [-0.05, 0) is 41.7 Å². The third-order valence-electron chi connectivity index (χ3n) is 5.85. The molecule has 0 N–H and O–H groups in total. The summed E-state index contributed by atoms with van der Waals surface area (Å²) in [5.41, 5.74) is 2.99. The second kappa shape index (κ2) is 11.2. The van der Waals surface area contributed by atoms with Gasteiger partial charge in [0.1, 0.15) is 19.0 Å². The summed E-state index contributed by atoms with van der Waals surface area (Å²) >= 11 is 0. The van der Waals surface area contributed by atoms with Crippen LogP contribution in [-0.2, 0) is 29.0 Å². The molecule has 1 fully saturated rings. The molecule has 6 nitrogen and oxygen atoms in total. The van der Waals surface area contributed by atoms with Crippen molar-refractivity contribution in [3.8, 4) is 11.8 Å². The molecule has 0 aliphatic carbocycles. The normalized spacial score (nSPS) is 15.9. The number of amides is 2. The Labute approximate surface area is 199 Å². The van der Waals surface area contributed by atoms with E-state index in [1.807, 2.05) is 84.9 Å². The summed E-state index contributed by atoms with van der Waals surface area (Å²) in [6, 6.07) is 28.8. The fourth-order valence-corrected chi connectivity index (χ4v) is 4.07. The van der Waals surface area contributed by atoms with E-state index in [9.17, 15) is 14.9 Å². The molecule has 1 aliphatic rings. The first-order valence-corrected chi connectivity index (χ1v) is 11.3. The van der Waals surface area contributed by atoms with Crippen LogP contribution in [0.2, 0.25) is 0 Å². The molecule has 1 saturated heterocycles. The second-order valence-electron chi connectivity index (χ2n) is 8.31. The Kier molecular flexibility index (Phi) is 7.56. The van der Waals surface area contributed by atoms with Crippen LogP contribution >= 0.6 is 0 Å². The molecule has 4 rings (SSSR count). The third-order valence-corrected chi connectivity index (χ3v) is 5.85. The van der Waals surface area contributed by atoms with Crippen LogP contribution in [-0.4, -0.2) is 29.5 Å². The molecule has 1 heterocycles. The zero-order valence-electron chi connectivity index (χ0n) is 18.8. The van der Waals surface area contributed by atoms with Gasteiger partial charge in [0.2, 0.25) is 5.91 Å². The van der Waals surface area contributed by atoms with Gasteiger partial charge in [0.15, 0.2) is 0 Å². The first-order chi connectivity index (χ1) is 16.6. The highest BCUT2D eigenvalue weighted by molar-refractivity contribution is 5.95. The van der Waals surface area contributed by atoms with Crippen molar-refractivity contribution in [1.82, 2.24) is 4.90 Å². The molecule has 6 heteroatoms. The molecule has 2 atom stereocenters. The number of benzene rings is 3. The Morgan fingerprint density at radius 2 is 1.62 bits per heavy atom. The molecule has 2 amide bonds. The highest BCUT2D eigenvalue weighted by Crippen LogP contribution is 2.24. The molecule has 0 bridgehead atoms. The molecule has 34 heavy (non-hydrogen) atoms. The Morgan fingerprint density at radius 1 is 0.971 bits per heavy atom. The number of hydrogen-bond donors (Lipinski definition) is 0. The molecule has 3 aromatic carbocycles. The minimum atomic E-state index is -0.640. The number of nitriles is 1. The standard InChI is InChI=1S/C28H26N2O4/c29-16-15-24(17-22-11-13-26(14-12-22)33-19-23-9-5-2-6-10-23)27(31)30-25(20-34-28(30)32)18-21-7-3-1-4-8-21/h1-14,24-25H,15,17-20H2/t24?,25-/m0/s1. The van der Waals surface area contributed by atoms with Crippen LogP contribution in [0.1, 0.15) is 23.1 Å². The first-order valence-electron chi connectivity index (χ1n) is 11.3. The summed E-state index contributed by atoms with van der Waals surface area (Å²) in [7, 11) is 0. The largest absolute Gasteiger partial charge is 0.489 e. The van der Waals surface area contributed by atoms with E-state index in [2.05, 4.69) is 6.07 Å². The maximum Gasteiger partial charge on any atom is 0.416 e. The average Bonchev–Trinajstić information content (AvgIpc) is 3.23. The minimum Gasteiger partial charge on any atom is -0.489 e. The lowest BCUT2D eigenvalue weighted by Gasteiger charge is -2.24. The highest BCUT2D eigenvalue weighted by Gasteiger charge is 2.40. The minimum absolute atomic E-state index is 0.0208. The quantitative estimate of drug-likeness (QED) is 0.458. The number of ether oxygens (including phenoxy) is 2. The number of carbonyl (C=O) groups excluding carboxylic acids is 2. The monoisotopic (exact) mass is 454 g/mol. The van der Waals surface area contributed by atoms with E-state index in [1.165, 1.54) is 4.90 Å². The molecule has 1 aliphatic heterocycles. The average molecular weight is 455 g/mol. The van der Waals surface area contributed by atoms with Crippen LogP contribution in [0.4, 0.5) is 4.79 Å². The lowest BCUT2D eigenvalue weighted by Crippen LogP contribution is -2.44. The van der Waals surface area contributed by atoms with Crippen molar-refractivity contribution in [2.24, 2.45) is 5.92 Å². The van der Waals surface area contributed by atoms with Gasteiger partial charge in [-0.25, -0.2) is 9.69 Å². The molecule has 3 aromatic rings. The second-order valence-corrected chi connectivity index (χ2v) is 8.31. The Hall–Kier alpha value is -4.11. The van der Waals surface area contributed by atoms with Crippen molar-refractivity contribution in [1.29, 1.82) is 5.26 Å². The van der Waals surface area contributed by atoms with Crippen molar-refractivity contribution >= 4 is 12.0 Å². The van der Waals surface area contributed by atoms with Crippen LogP contribution < -0.4 is 4.74 Å². The van der Waals surface area contributed by atoms with Gasteiger partial charge in [-0.1, -0.05) is 72.8 Å². The Morgan fingerprint density at radius 3 is 2.26 bits per heavy atom. The van der Waals surface area contributed by atoms with Crippen molar-refractivity contribution in [2.45, 2.75) is 31.9 Å². The van der Waals surface area contributed by atoms with Gasteiger partial charge in [-0.2, -0.15) is 5.26 Å². The van der Waals surface area contributed by atoms with E-state index in [-0.39, 0.29) is 25.0 Å². The number of rotatable bonds is 9. The van der Waals surface area contributed by atoms with Crippen molar-refractivity contribution in [3.63, 3.8) is 0 Å². The van der Waals surface area contributed by atoms with Gasteiger partial charge in [0, 0.05) is 6.42 Å². The third kappa shape index (κ3) is 5.81.